The van der Waals surface area contributed by atoms with E-state index in [0.29, 0.717) is 12.2 Å². The molecule has 1 amide bonds. The number of hydrogen-bond donors (Lipinski definition) is 1. The third kappa shape index (κ3) is 3.89. The van der Waals surface area contributed by atoms with Gasteiger partial charge in [0, 0.05) is 23.5 Å². The van der Waals surface area contributed by atoms with Crippen molar-refractivity contribution in [2.75, 3.05) is 6.54 Å². The summed E-state index contributed by atoms with van der Waals surface area (Å²) in [7, 11) is 0. The third-order valence-electron chi connectivity index (χ3n) is 3.09. The zero-order valence-electron chi connectivity index (χ0n) is 12.5. The van der Waals surface area contributed by atoms with Crippen LogP contribution in [0.25, 0.3) is 10.6 Å². The van der Waals surface area contributed by atoms with E-state index in [2.05, 4.69) is 4.98 Å². The van der Waals surface area contributed by atoms with E-state index in [-0.39, 0.29) is 11.9 Å². The van der Waals surface area contributed by atoms with Crippen LogP contribution in [0.4, 0.5) is 0 Å². The second kappa shape index (κ2) is 6.83. The molecule has 2 aromatic rings. The highest BCUT2D eigenvalue weighted by Gasteiger charge is 2.22. The fraction of sp³-hybridized carbons (Fsp3) is 0.375. The van der Waals surface area contributed by atoms with Gasteiger partial charge in [-0.05, 0) is 20.8 Å². The highest BCUT2D eigenvalue weighted by atomic mass is 32.1. The number of hydrogen-bond acceptors (Lipinski definition) is 4. The summed E-state index contributed by atoms with van der Waals surface area (Å²) < 4.78 is 0. The van der Waals surface area contributed by atoms with E-state index < -0.39 is 6.10 Å². The molecule has 21 heavy (non-hydrogen) atoms. The molecule has 0 fully saturated rings. The van der Waals surface area contributed by atoms with Crippen molar-refractivity contribution in [2.45, 2.75) is 32.9 Å². The van der Waals surface area contributed by atoms with Crippen molar-refractivity contribution >= 4 is 17.2 Å². The van der Waals surface area contributed by atoms with E-state index in [1.54, 1.807) is 17.2 Å². The van der Waals surface area contributed by atoms with Crippen molar-refractivity contribution in [3.8, 4) is 10.6 Å². The minimum Gasteiger partial charge on any atom is -0.392 e. The Hall–Kier alpha value is -1.72. The van der Waals surface area contributed by atoms with Crippen molar-refractivity contribution in [1.82, 2.24) is 9.88 Å². The molecular weight excluding hydrogens is 284 g/mol. The number of aliphatic hydroxyl groups excluding tert-OH is 1. The molecule has 1 heterocycles. The monoisotopic (exact) mass is 304 g/mol. The van der Waals surface area contributed by atoms with Crippen molar-refractivity contribution in [3.05, 3.63) is 41.4 Å². The standard InChI is InChI=1S/C16H20N2O2S/c1-11(2)18(9-12(3)19)16(20)14-10-21-15(17-14)13-7-5-4-6-8-13/h4-8,10-12,19H,9H2,1-3H3. The molecule has 0 radical (unpaired) electrons. The summed E-state index contributed by atoms with van der Waals surface area (Å²) in [4.78, 5) is 18.6. The molecule has 0 aliphatic heterocycles. The van der Waals surface area contributed by atoms with Gasteiger partial charge in [0.25, 0.3) is 5.91 Å². The Labute approximate surface area is 129 Å². The Morgan fingerprint density at radius 3 is 2.52 bits per heavy atom. The van der Waals surface area contributed by atoms with Crippen LogP contribution in [-0.2, 0) is 0 Å². The van der Waals surface area contributed by atoms with Crippen LogP contribution in [0.5, 0.6) is 0 Å². The van der Waals surface area contributed by atoms with Gasteiger partial charge in [0.2, 0.25) is 0 Å². The lowest BCUT2D eigenvalue weighted by molar-refractivity contribution is 0.0574. The number of carbonyl (C=O) groups excluding carboxylic acids is 1. The Bertz CT molecular complexity index is 593. The van der Waals surface area contributed by atoms with Crippen LogP contribution in [0.3, 0.4) is 0 Å². The summed E-state index contributed by atoms with van der Waals surface area (Å²) in [5.74, 6) is -0.135. The molecule has 1 aromatic heterocycles. The molecule has 1 unspecified atom stereocenters. The van der Waals surface area contributed by atoms with Crippen LogP contribution in [0.1, 0.15) is 31.3 Å². The van der Waals surface area contributed by atoms with Gasteiger partial charge in [0.15, 0.2) is 0 Å². The van der Waals surface area contributed by atoms with Gasteiger partial charge in [0.1, 0.15) is 10.7 Å². The fourth-order valence-corrected chi connectivity index (χ4v) is 2.85. The van der Waals surface area contributed by atoms with Gasteiger partial charge in [-0.25, -0.2) is 4.98 Å². The van der Waals surface area contributed by atoms with Gasteiger partial charge in [-0.2, -0.15) is 0 Å². The Kier molecular flexibility index (Phi) is 5.09. The summed E-state index contributed by atoms with van der Waals surface area (Å²) in [5, 5.41) is 12.2. The molecule has 0 saturated heterocycles. The lowest BCUT2D eigenvalue weighted by Gasteiger charge is -2.27. The van der Waals surface area contributed by atoms with Gasteiger partial charge in [-0.15, -0.1) is 11.3 Å². The predicted molar refractivity (Wildman–Crippen MR) is 85.4 cm³/mol. The number of aliphatic hydroxyl groups is 1. The third-order valence-corrected chi connectivity index (χ3v) is 3.98. The SMILES string of the molecule is CC(O)CN(C(=O)c1csc(-c2ccccc2)n1)C(C)C. The normalized spacial score (nSPS) is 12.4. The molecule has 0 saturated carbocycles. The minimum atomic E-state index is -0.552. The van der Waals surface area contributed by atoms with Crippen LogP contribution in [0, 0.1) is 0 Å². The number of rotatable bonds is 5. The topological polar surface area (TPSA) is 53.4 Å². The largest absolute Gasteiger partial charge is 0.392 e. The molecular formula is C16H20N2O2S. The minimum absolute atomic E-state index is 0.0222. The molecule has 1 atom stereocenters. The number of carbonyl (C=O) groups is 1. The van der Waals surface area contributed by atoms with Crippen LogP contribution < -0.4 is 0 Å². The molecule has 0 aliphatic carbocycles. The molecule has 112 valence electrons. The molecule has 0 bridgehead atoms. The summed E-state index contributed by atoms with van der Waals surface area (Å²) in [5.41, 5.74) is 1.45. The number of aromatic nitrogens is 1. The molecule has 4 nitrogen and oxygen atoms in total. The zero-order chi connectivity index (χ0) is 15.4. The lowest BCUT2D eigenvalue weighted by Crippen LogP contribution is -2.41. The first kappa shape index (κ1) is 15.7. The van der Waals surface area contributed by atoms with Crippen LogP contribution in [0.2, 0.25) is 0 Å². The number of benzene rings is 1. The van der Waals surface area contributed by atoms with E-state index in [1.807, 2.05) is 44.2 Å². The molecule has 1 aromatic carbocycles. The molecule has 1 N–H and O–H groups in total. The smallest absolute Gasteiger partial charge is 0.273 e. The van der Waals surface area contributed by atoms with Crippen molar-refractivity contribution in [1.29, 1.82) is 0 Å². The van der Waals surface area contributed by atoms with E-state index in [4.69, 9.17) is 0 Å². The van der Waals surface area contributed by atoms with Crippen molar-refractivity contribution in [2.24, 2.45) is 0 Å². The summed E-state index contributed by atoms with van der Waals surface area (Å²) in [6, 6.07) is 9.82. The second-order valence-electron chi connectivity index (χ2n) is 5.30. The lowest BCUT2D eigenvalue weighted by atomic mass is 10.2. The summed E-state index contributed by atoms with van der Waals surface area (Å²) in [6.07, 6.45) is -0.552. The van der Waals surface area contributed by atoms with E-state index in [0.717, 1.165) is 10.6 Å². The zero-order valence-corrected chi connectivity index (χ0v) is 13.3. The van der Waals surface area contributed by atoms with Gasteiger partial charge in [-0.3, -0.25) is 4.79 Å². The Morgan fingerprint density at radius 1 is 1.29 bits per heavy atom. The van der Waals surface area contributed by atoms with E-state index >= 15 is 0 Å². The van der Waals surface area contributed by atoms with Crippen LogP contribution in [-0.4, -0.2) is 39.6 Å². The van der Waals surface area contributed by atoms with Gasteiger partial charge >= 0.3 is 0 Å². The quantitative estimate of drug-likeness (QED) is 0.923. The highest BCUT2D eigenvalue weighted by molar-refractivity contribution is 7.13. The van der Waals surface area contributed by atoms with E-state index in [9.17, 15) is 9.90 Å². The van der Waals surface area contributed by atoms with Gasteiger partial charge in [0.05, 0.1) is 6.10 Å². The molecule has 0 spiro atoms. The number of thiazole rings is 1. The van der Waals surface area contributed by atoms with Crippen molar-refractivity contribution in [3.63, 3.8) is 0 Å². The molecule has 0 aliphatic rings. The first-order chi connectivity index (χ1) is 9.99. The fourth-order valence-electron chi connectivity index (χ4n) is 2.05. The number of nitrogens with zero attached hydrogens (tertiary/aromatic N) is 2. The molecule has 2 rings (SSSR count). The van der Waals surface area contributed by atoms with Crippen molar-refractivity contribution < 1.29 is 9.90 Å². The first-order valence-corrected chi connectivity index (χ1v) is 7.87. The van der Waals surface area contributed by atoms with Gasteiger partial charge < -0.3 is 10.0 Å². The Morgan fingerprint density at radius 2 is 1.95 bits per heavy atom. The maximum atomic E-state index is 12.5. The average molecular weight is 304 g/mol. The van der Waals surface area contributed by atoms with E-state index in [1.165, 1.54) is 11.3 Å². The molecule has 5 heteroatoms. The van der Waals surface area contributed by atoms with Crippen LogP contribution >= 0.6 is 11.3 Å². The van der Waals surface area contributed by atoms with Gasteiger partial charge in [-0.1, -0.05) is 30.3 Å². The summed E-state index contributed by atoms with van der Waals surface area (Å²) >= 11 is 1.46. The maximum Gasteiger partial charge on any atom is 0.273 e. The maximum absolute atomic E-state index is 12.5. The Balaban J connectivity index is 2.22. The average Bonchev–Trinajstić information content (AvgIpc) is 2.94. The predicted octanol–water partition coefficient (Wildman–Crippen LogP) is 3.04. The second-order valence-corrected chi connectivity index (χ2v) is 6.16. The number of amides is 1. The van der Waals surface area contributed by atoms with Crippen LogP contribution in [0.15, 0.2) is 35.7 Å². The summed E-state index contributed by atoms with van der Waals surface area (Å²) in [6.45, 7) is 5.86. The highest BCUT2D eigenvalue weighted by Crippen LogP contribution is 2.24. The first-order valence-electron chi connectivity index (χ1n) is 6.99.